The Bertz CT molecular complexity index is 1000. The van der Waals surface area contributed by atoms with E-state index in [0.717, 1.165) is 5.56 Å². The molecule has 148 valence electrons. The minimum atomic E-state index is -0.529. The molecule has 0 bridgehead atoms. The maximum Gasteiger partial charge on any atom is 0.287 e. The lowest BCUT2D eigenvalue weighted by atomic mass is 10.1. The van der Waals surface area contributed by atoms with Crippen molar-refractivity contribution in [1.82, 2.24) is 26.4 Å². The molecule has 0 aliphatic heterocycles. The molecule has 9 heteroatoms. The molecule has 8 nitrogen and oxygen atoms in total. The Morgan fingerprint density at radius 3 is 2.38 bits per heavy atom. The van der Waals surface area contributed by atoms with Crippen LogP contribution in [0.15, 0.2) is 60.7 Å². The van der Waals surface area contributed by atoms with Crippen LogP contribution in [0.5, 0.6) is 0 Å². The smallest absolute Gasteiger partial charge is 0.287 e. The van der Waals surface area contributed by atoms with Gasteiger partial charge in [-0.1, -0.05) is 41.9 Å². The highest BCUT2D eigenvalue weighted by Crippen LogP contribution is 2.16. The Balaban J connectivity index is 1.41. The molecule has 0 atom stereocenters. The predicted octanol–water partition coefficient (Wildman–Crippen LogP) is 2.31. The van der Waals surface area contributed by atoms with Crippen LogP contribution in [-0.2, 0) is 4.79 Å². The molecule has 29 heavy (non-hydrogen) atoms. The van der Waals surface area contributed by atoms with Gasteiger partial charge in [-0.05, 0) is 30.3 Å². The van der Waals surface area contributed by atoms with E-state index in [1.807, 2.05) is 30.3 Å². The van der Waals surface area contributed by atoms with Crippen molar-refractivity contribution in [1.29, 1.82) is 0 Å². The highest BCUT2D eigenvalue weighted by Gasteiger charge is 2.12. The normalized spacial score (nSPS) is 10.2. The lowest BCUT2D eigenvalue weighted by Crippen LogP contribution is -2.43. The van der Waals surface area contributed by atoms with Crippen LogP contribution in [0.3, 0.4) is 0 Å². The molecule has 1 heterocycles. The Morgan fingerprint density at radius 2 is 1.66 bits per heavy atom. The number of amides is 3. The fourth-order valence-electron chi connectivity index (χ4n) is 2.44. The summed E-state index contributed by atoms with van der Waals surface area (Å²) in [5.41, 5.74) is 6.73. The van der Waals surface area contributed by atoms with Gasteiger partial charge < -0.3 is 5.32 Å². The zero-order valence-corrected chi connectivity index (χ0v) is 16.0. The van der Waals surface area contributed by atoms with E-state index in [0.29, 0.717) is 16.3 Å². The third kappa shape index (κ3) is 5.66. The van der Waals surface area contributed by atoms with E-state index < -0.39 is 11.8 Å². The van der Waals surface area contributed by atoms with Gasteiger partial charge in [0.25, 0.3) is 11.8 Å². The molecule has 3 aromatic rings. The summed E-state index contributed by atoms with van der Waals surface area (Å²) < 4.78 is 0. The summed E-state index contributed by atoms with van der Waals surface area (Å²) in [4.78, 5) is 35.9. The van der Waals surface area contributed by atoms with Crippen LogP contribution >= 0.6 is 11.6 Å². The zero-order valence-electron chi connectivity index (χ0n) is 15.2. The highest BCUT2D eigenvalue weighted by atomic mass is 35.5. The number of carbonyl (C=O) groups excluding carboxylic acids is 3. The fraction of sp³-hybridized carbons (Fsp3) is 0.100. The Morgan fingerprint density at radius 1 is 0.931 bits per heavy atom. The third-order valence-electron chi connectivity index (χ3n) is 3.95. The molecule has 0 unspecified atom stereocenters. The lowest BCUT2D eigenvalue weighted by molar-refractivity contribution is -0.121. The van der Waals surface area contributed by atoms with Crippen LogP contribution in [0.25, 0.3) is 11.3 Å². The molecular weight excluding hydrogens is 394 g/mol. The van der Waals surface area contributed by atoms with Gasteiger partial charge in [0.1, 0.15) is 5.69 Å². The third-order valence-corrected chi connectivity index (χ3v) is 4.20. The number of halogens is 1. The SMILES string of the molecule is O=C(CCNC(=O)c1ccc(Cl)cc1)NNC(=O)c1cc(-c2ccccc2)n[nH]1. The van der Waals surface area contributed by atoms with Crippen molar-refractivity contribution < 1.29 is 14.4 Å². The molecule has 0 saturated carbocycles. The second-order valence-corrected chi connectivity index (χ2v) is 6.48. The minimum absolute atomic E-state index is 0.00213. The number of hydrogen-bond donors (Lipinski definition) is 4. The van der Waals surface area contributed by atoms with Gasteiger partial charge in [0.05, 0.1) is 5.69 Å². The number of hydrazine groups is 1. The number of aromatic amines is 1. The van der Waals surface area contributed by atoms with Crippen LogP contribution in [-0.4, -0.2) is 34.5 Å². The van der Waals surface area contributed by atoms with Gasteiger partial charge in [0.2, 0.25) is 5.91 Å². The first-order valence-corrected chi connectivity index (χ1v) is 9.14. The van der Waals surface area contributed by atoms with E-state index in [2.05, 4.69) is 26.4 Å². The number of carbonyl (C=O) groups is 3. The van der Waals surface area contributed by atoms with Gasteiger partial charge in [-0.2, -0.15) is 5.10 Å². The summed E-state index contributed by atoms with van der Waals surface area (Å²) in [5, 5.41) is 9.86. The topological polar surface area (TPSA) is 116 Å². The van der Waals surface area contributed by atoms with Crippen molar-refractivity contribution in [3.8, 4) is 11.3 Å². The second-order valence-electron chi connectivity index (χ2n) is 6.05. The van der Waals surface area contributed by atoms with Gasteiger partial charge in [0, 0.05) is 29.1 Å². The number of benzene rings is 2. The van der Waals surface area contributed by atoms with Crippen LogP contribution in [0.4, 0.5) is 0 Å². The summed E-state index contributed by atoms with van der Waals surface area (Å²) in [6.07, 6.45) is -0.00213. The zero-order chi connectivity index (χ0) is 20.6. The quantitative estimate of drug-likeness (QED) is 0.466. The van der Waals surface area contributed by atoms with Crippen molar-refractivity contribution in [2.75, 3.05) is 6.54 Å². The lowest BCUT2D eigenvalue weighted by Gasteiger charge is -2.07. The predicted molar refractivity (Wildman–Crippen MR) is 108 cm³/mol. The molecule has 1 aromatic heterocycles. The maximum atomic E-state index is 12.1. The van der Waals surface area contributed by atoms with E-state index in [9.17, 15) is 14.4 Å². The van der Waals surface area contributed by atoms with Crippen LogP contribution in [0.2, 0.25) is 5.02 Å². The Hall–Kier alpha value is -3.65. The van der Waals surface area contributed by atoms with Gasteiger partial charge >= 0.3 is 0 Å². The molecule has 0 aliphatic carbocycles. The summed E-state index contributed by atoms with van der Waals surface area (Å²) in [6, 6.07) is 17.4. The number of hydrogen-bond acceptors (Lipinski definition) is 4. The summed E-state index contributed by atoms with van der Waals surface area (Å²) in [5.74, 6) is -1.29. The van der Waals surface area contributed by atoms with Crippen molar-refractivity contribution in [3.63, 3.8) is 0 Å². The van der Waals surface area contributed by atoms with Crippen LogP contribution in [0, 0.1) is 0 Å². The van der Waals surface area contributed by atoms with Gasteiger partial charge in [0.15, 0.2) is 0 Å². The van der Waals surface area contributed by atoms with E-state index in [-0.39, 0.29) is 24.6 Å². The van der Waals surface area contributed by atoms with E-state index in [4.69, 9.17) is 11.6 Å². The molecule has 3 rings (SSSR count). The van der Waals surface area contributed by atoms with Crippen molar-refractivity contribution in [3.05, 3.63) is 76.9 Å². The molecule has 3 amide bonds. The largest absolute Gasteiger partial charge is 0.352 e. The average molecular weight is 412 g/mol. The van der Waals surface area contributed by atoms with Gasteiger partial charge in [-0.15, -0.1) is 0 Å². The molecule has 0 aliphatic rings. The number of rotatable bonds is 6. The number of nitrogens with one attached hydrogen (secondary N) is 4. The number of aromatic nitrogens is 2. The number of H-pyrrole nitrogens is 1. The fourth-order valence-corrected chi connectivity index (χ4v) is 2.57. The van der Waals surface area contributed by atoms with E-state index >= 15 is 0 Å². The molecule has 0 spiro atoms. The maximum absolute atomic E-state index is 12.1. The number of nitrogens with zero attached hydrogens (tertiary/aromatic N) is 1. The second kappa shape index (κ2) is 9.52. The van der Waals surface area contributed by atoms with Crippen molar-refractivity contribution >= 4 is 29.3 Å². The van der Waals surface area contributed by atoms with Crippen molar-refractivity contribution in [2.45, 2.75) is 6.42 Å². The first kappa shape index (κ1) is 20.1. The van der Waals surface area contributed by atoms with Gasteiger partial charge in [-0.25, -0.2) is 0 Å². The average Bonchev–Trinajstić information content (AvgIpc) is 3.23. The molecule has 0 fully saturated rings. The molecule has 4 N–H and O–H groups in total. The standard InChI is InChI=1S/C20H18ClN5O3/c21-15-8-6-14(7-9-15)19(28)22-11-10-18(27)25-26-20(29)17-12-16(23-24-17)13-4-2-1-3-5-13/h1-9,12H,10-11H2,(H,22,28)(H,23,24)(H,25,27)(H,26,29). The summed E-state index contributed by atoms with van der Waals surface area (Å²) >= 11 is 5.77. The first-order valence-electron chi connectivity index (χ1n) is 8.77. The van der Waals surface area contributed by atoms with Crippen molar-refractivity contribution in [2.24, 2.45) is 0 Å². The monoisotopic (exact) mass is 411 g/mol. The molecule has 0 radical (unpaired) electrons. The van der Waals surface area contributed by atoms with Crippen LogP contribution < -0.4 is 16.2 Å². The summed E-state index contributed by atoms with van der Waals surface area (Å²) in [7, 11) is 0. The molecule has 0 saturated heterocycles. The Labute approximate surface area is 171 Å². The van der Waals surface area contributed by atoms with Gasteiger partial charge in [-0.3, -0.25) is 30.3 Å². The first-order chi connectivity index (χ1) is 14.0. The molecule has 2 aromatic carbocycles. The minimum Gasteiger partial charge on any atom is -0.352 e. The van der Waals surface area contributed by atoms with E-state index in [1.54, 1.807) is 30.3 Å². The van der Waals surface area contributed by atoms with E-state index in [1.165, 1.54) is 0 Å². The highest BCUT2D eigenvalue weighted by molar-refractivity contribution is 6.30. The summed E-state index contributed by atoms with van der Waals surface area (Å²) in [6.45, 7) is 0.116. The van der Waals surface area contributed by atoms with Crippen LogP contribution in [0.1, 0.15) is 27.3 Å². The Kier molecular flexibility index (Phi) is 6.59. The molecular formula is C20H18ClN5O3.